The first-order chi connectivity index (χ1) is 14.1. The van der Waals surface area contributed by atoms with E-state index in [4.69, 9.17) is 4.74 Å². The van der Waals surface area contributed by atoms with Crippen LogP contribution in [0, 0.1) is 0 Å². The summed E-state index contributed by atoms with van der Waals surface area (Å²) in [4.78, 5) is 1.39. The number of ether oxygens (including phenoxy) is 1. The van der Waals surface area contributed by atoms with Crippen molar-refractivity contribution < 1.29 is 20.1 Å². The van der Waals surface area contributed by atoms with E-state index in [1.54, 1.807) is 0 Å². The summed E-state index contributed by atoms with van der Waals surface area (Å²) in [5, 5.41) is 12.5. The highest BCUT2D eigenvalue weighted by Crippen LogP contribution is 2.22. The van der Waals surface area contributed by atoms with Gasteiger partial charge in [0.1, 0.15) is 31.5 Å². The molecular formula is C25H32N2O2+2. The first kappa shape index (κ1) is 21.1. The minimum Gasteiger partial charge on any atom is -0.491 e. The monoisotopic (exact) mass is 392 g/mol. The van der Waals surface area contributed by atoms with Crippen LogP contribution in [-0.2, 0) is 0 Å². The maximum Gasteiger partial charge on any atom is 0.162 e. The molecule has 3 rings (SSSR count). The van der Waals surface area contributed by atoms with Crippen molar-refractivity contribution in [2.24, 2.45) is 0 Å². The Morgan fingerprint density at radius 3 is 2.00 bits per heavy atom. The smallest absolute Gasteiger partial charge is 0.162 e. The average molecular weight is 393 g/mol. The third-order valence-corrected chi connectivity index (χ3v) is 5.14. The Morgan fingerprint density at radius 1 is 0.793 bits per heavy atom. The second kappa shape index (κ2) is 10.8. The van der Waals surface area contributed by atoms with E-state index in [1.807, 2.05) is 48.5 Å². The topological polar surface area (TPSA) is 50.5 Å². The number of quaternary nitrogens is 2. The number of hydrogen-bond acceptors (Lipinski definition) is 2. The van der Waals surface area contributed by atoms with Gasteiger partial charge in [0.2, 0.25) is 0 Å². The quantitative estimate of drug-likeness (QED) is 0.490. The molecule has 0 unspecified atom stereocenters. The van der Waals surface area contributed by atoms with E-state index in [2.05, 4.69) is 55.8 Å². The molecule has 0 bridgehead atoms. The standard InChI is InChI=1S/C25H30N2O2/c1-27(2)25(22-11-7-4-8-12-22)18-26-17-23(28)19-29-24-15-13-21(14-16-24)20-9-5-3-6-10-20/h3-16,23,25-26,28H,17-19H2,1-2H3/p+2/t23-,25-/m1/s1. The fraction of sp³-hybridized carbons (Fsp3) is 0.280. The number of benzene rings is 3. The number of aliphatic hydroxyl groups is 1. The van der Waals surface area contributed by atoms with Crippen LogP contribution in [0.15, 0.2) is 84.9 Å². The van der Waals surface area contributed by atoms with Gasteiger partial charge in [0.15, 0.2) is 6.04 Å². The molecule has 0 aliphatic carbocycles. The van der Waals surface area contributed by atoms with Crippen molar-refractivity contribution in [2.45, 2.75) is 12.1 Å². The summed E-state index contributed by atoms with van der Waals surface area (Å²) < 4.78 is 5.77. The number of hydrogen-bond donors (Lipinski definition) is 3. The van der Waals surface area contributed by atoms with Crippen molar-refractivity contribution in [2.75, 3.05) is 33.8 Å². The van der Waals surface area contributed by atoms with Crippen molar-refractivity contribution in [3.05, 3.63) is 90.5 Å². The summed E-state index contributed by atoms with van der Waals surface area (Å²) in [5.41, 5.74) is 3.67. The molecule has 0 aromatic heterocycles. The summed E-state index contributed by atoms with van der Waals surface area (Å²) in [6, 6.07) is 29.2. The SMILES string of the molecule is C[NH+](C)[C@H](C[NH2+]C[C@@H](O)COc1ccc(-c2ccccc2)cc1)c1ccccc1. The van der Waals surface area contributed by atoms with Gasteiger partial charge in [-0.2, -0.15) is 0 Å². The van der Waals surface area contributed by atoms with Gasteiger partial charge < -0.3 is 20.1 Å². The summed E-state index contributed by atoms with van der Waals surface area (Å²) in [5.74, 6) is 0.781. The lowest BCUT2D eigenvalue weighted by molar-refractivity contribution is -0.909. The number of nitrogens with one attached hydrogen (secondary N) is 1. The van der Waals surface area contributed by atoms with Crippen LogP contribution in [0.5, 0.6) is 5.75 Å². The van der Waals surface area contributed by atoms with Gasteiger partial charge in [-0.25, -0.2) is 0 Å². The van der Waals surface area contributed by atoms with Crippen LogP contribution < -0.4 is 15.0 Å². The van der Waals surface area contributed by atoms with E-state index in [0.29, 0.717) is 19.2 Å². The predicted molar refractivity (Wildman–Crippen MR) is 117 cm³/mol. The van der Waals surface area contributed by atoms with Crippen LogP contribution in [0.4, 0.5) is 0 Å². The van der Waals surface area contributed by atoms with E-state index in [1.165, 1.54) is 16.0 Å². The molecule has 0 aliphatic heterocycles. The molecule has 0 heterocycles. The van der Waals surface area contributed by atoms with Gasteiger partial charge in [-0.05, 0) is 23.3 Å². The summed E-state index contributed by atoms with van der Waals surface area (Å²) in [6.45, 7) is 1.85. The third kappa shape index (κ3) is 6.43. The lowest BCUT2D eigenvalue weighted by atomic mass is 10.1. The minimum absolute atomic E-state index is 0.298. The van der Waals surface area contributed by atoms with Gasteiger partial charge in [0.25, 0.3) is 0 Å². The van der Waals surface area contributed by atoms with E-state index in [0.717, 1.165) is 17.9 Å². The van der Waals surface area contributed by atoms with E-state index in [9.17, 15) is 5.11 Å². The molecule has 0 aliphatic rings. The number of rotatable bonds is 10. The molecule has 152 valence electrons. The highest BCUT2D eigenvalue weighted by molar-refractivity contribution is 5.63. The predicted octanol–water partition coefficient (Wildman–Crippen LogP) is 1.54. The lowest BCUT2D eigenvalue weighted by Crippen LogP contribution is -3.09. The number of nitrogens with two attached hydrogens (primary N) is 1. The van der Waals surface area contributed by atoms with Crippen LogP contribution in [0.2, 0.25) is 0 Å². The zero-order valence-electron chi connectivity index (χ0n) is 17.3. The Kier molecular flexibility index (Phi) is 7.82. The fourth-order valence-corrected chi connectivity index (χ4v) is 3.48. The molecule has 0 radical (unpaired) electrons. The van der Waals surface area contributed by atoms with Crippen molar-refractivity contribution in [1.29, 1.82) is 0 Å². The number of likely N-dealkylation sites (N-methyl/N-ethyl adjacent to an activating group) is 1. The second-order valence-corrected chi connectivity index (χ2v) is 7.66. The highest BCUT2D eigenvalue weighted by atomic mass is 16.5. The molecule has 0 amide bonds. The molecule has 2 atom stereocenters. The maximum absolute atomic E-state index is 10.3. The summed E-state index contributed by atoms with van der Waals surface area (Å²) in [7, 11) is 4.34. The van der Waals surface area contributed by atoms with Crippen molar-refractivity contribution in [3.63, 3.8) is 0 Å². The molecule has 4 nitrogen and oxygen atoms in total. The Bertz CT molecular complexity index is 836. The molecule has 4 N–H and O–H groups in total. The highest BCUT2D eigenvalue weighted by Gasteiger charge is 2.20. The minimum atomic E-state index is -0.502. The molecule has 0 saturated heterocycles. The van der Waals surface area contributed by atoms with Crippen LogP contribution in [0.3, 0.4) is 0 Å². The average Bonchev–Trinajstić information content (AvgIpc) is 2.76. The van der Waals surface area contributed by atoms with Crippen molar-refractivity contribution in [1.82, 2.24) is 0 Å². The van der Waals surface area contributed by atoms with E-state index < -0.39 is 6.10 Å². The summed E-state index contributed by atoms with van der Waals surface area (Å²) in [6.07, 6.45) is -0.502. The molecular weight excluding hydrogens is 360 g/mol. The van der Waals surface area contributed by atoms with Crippen LogP contribution in [0.1, 0.15) is 11.6 Å². The molecule has 3 aromatic rings. The number of aliphatic hydroxyl groups excluding tert-OH is 1. The van der Waals surface area contributed by atoms with Gasteiger partial charge in [-0.1, -0.05) is 72.8 Å². The molecule has 29 heavy (non-hydrogen) atoms. The normalized spacial score (nSPS) is 13.2. The van der Waals surface area contributed by atoms with E-state index in [-0.39, 0.29) is 0 Å². The fourth-order valence-electron chi connectivity index (χ4n) is 3.48. The zero-order chi connectivity index (χ0) is 20.5. The third-order valence-electron chi connectivity index (χ3n) is 5.14. The Balaban J connectivity index is 1.43. The van der Waals surface area contributed by atoms with Crippen molar-refractivity contribution >= 4 is 0 Å². The zero-order valence-corrected chi connectivity index (χ0v) is 17.3. The Labute approximate surface area is 173 Å². The second-order valence-electron chi connectivity index (χ2n) is 7.66. The van der Waals surface area contributed by atoms with Gasteiger partial charge in [-0.3, -0.25) is 0 Å². The van der Waals surface area contributed by atoms with Crippen LogP contribution >= 0.6 is 0 Å². The molecule has 0 saturated carbocycles. The Morgan fingerprint density at radius 2 is 1.38 bits per heavy atom. The first-order valence-corrected chi connectivity index (χ1v) is 10.3. The molecule has 3 aromatic carbocycles. The molecule has 0 fully saturated rings. The van der Waals surface area contributed by atoms with Crippen LogP contribution in [-0.4, -0.2) is 45.0 Å². The largest absolute Gasteiger partial charge is 0.491 e. The van der Waals surface area contributed by atoms with Gasteiger partial charge in [0.05, 0.1) is 14.1 Å². The first-order valence-electron chi connectivity index (χ1n) is 10.3. The molecule has 4 heteroatoms. The Hall–Kier alpha value is -2.66. The summed E-state index contributed by atoms with van der Waals surface area (Å²) >= 11 is 0. The molecule has 0 spiro atoms. The van der Waals surface area contributed by atoms with Gasteiger partial charge in [0, 0.05) is 5.56 Å². The van der Waals surface area contributed by atoms with Gasteiger partial charge in [-0.15, -0.1) is 0 Å². The maximum atomic E-state index is 10.3. The van der Waals surface area contributed by atoms with Crippen molar-refractivity contribution in [3.8, 4) is 16.9 Å². The van der Waals surface area contributed by atoms with E-state index >= 15 is 0 Å². The lowest BCUT2D eigenvalue weighted by Gasteiger charge is -2.21. The van der Waals surface area contributed by atoms with Gasteiger partial charge >= 0.3 is 0 Å². The van der Waals surface area contributed by atoms with Crippen LogP contribution in [0.25, 0.3) is 11.1 Å².